The fourth-order valence-electron chi connectivity index (χ4n) is 1.97. The average molecular weight is 235 g/mol. The second-order valence-electron chi connectivity index (χ2n) is 4.03. The highest BCUT2D eigenvalue weighted by Crippen LogP contribution is 2.29. The molecule has 0 aromatic rings. The van der Waals surface area contributed by atoms with Gasteiger partial charge in [0.05, 0.1) is 12.5 Å². The Bertz CT molecular complexity index is 271. The van der Waals surface area contributed by atoms with Crippen molar-refractivity contribution in [2.45, 2.75) is 32.1 Å². The number of halogens is 2. The van der Waals surface area contributed by atoms with Gasteiger partial charge in [-0.1, -0.05) is 6.42 Å². The molecule has 92 valence electrons. The van der Waals surface area contributed by atoms with Crippen LogP contribution in [0.3, 0.4) is 0 Å². The quantitative estimate of drug-likeness (QED) is 0.770. The Morgan fingerprint density at radius 1 is 1.31 bits per heavy atom. The highest BCUT2D eigenvalue weighted by atomic mass is 19.3. The number of carbonyl (C=O) groups excluding carboxylic acids is 1. The third-order valence-electron chi connectivity index (χ3n) is 2.82. The number of carboxylic acids is 1. The fraction of sp³-hybridized carbons (Fsp3) is 0.800. The zero-order valence-corrected chi connectivity index (χ0v) is 8.79. The lowest BCUT2D eigenvalue weighted by Crippen LogP contribution is -2.37. The molecule has 2 unspecified atom stereocenters. The highest BCUT2D eigenvalue weighted by Gasteiger charge is 2.30. The number of carboxylic acid groups (broad SMARTS) is 1. The summed E-state index contributed by atoms with van der Waals surface area (Å²) in [5.41, 5.74) is 0. The van der Waals surface area contributed by atoms with E-state index in [1.165, 1.54) is 0 Å². The fourth-order valence-corrected chi connectivity index (χ4v) is 1.97. The van der Waals surface area contributed by atoms with Crippen molar-refractivity contribution < 1.29 is 23.5 Å². The third-order valence-corrected chi connectivity index (χ3v) is 2.82. The Morgan fingerprint density at radius 2 is 1.94 bits per heavy atom. The standard InChI is InChI=1S/C10H15F2NO3/c11-8(12)5-13-9(14)6-2-1-3-7(4-6)10(15)16/h6-8H,1-5H2,(H,13,14)(H,15,16). The summed E-state index contributed by atoms with van der Waals surface area (Å²) in [6.45, 7) is -0.660. The molecule has 0 aliphatic heterocycles. The zero-order valence-electron chi connectivity index (χ0n) is 8.79. The second kappa shape index (κ2) is 5.77. The maximum absolute atomic E-state index is 11.9. The number of aliphatic carboxylic acids is 1. The largest absolute Gasteiger partial charge is 0.481 e. The Labute approximate surface area is 92.0 Å². The molecule has 0 bridgehead atoms. The average Bonchev–Trinajstić information content (AvgIpc) is 2.26. The number of nitrogens with one attached hydrogen (secondary N) is 1. The van der Waals surface area contributed by atoms with Crippen LogP contribution in [0.1, 0.15) is 25.7 Å². The lowest BCUT2D eigenvalue weighted by Gasteiger charge is -2.25. The van der Waals surface area contributed by atoms with Crippen LogP contribution < -0.4 is 5.32 Å². The van der Waals surface area contributed by atoms with E-state index in [0.29, 0.717) is 19.3 Å². The van der Waals surface area contributed by atoms with Crippen LogP contribution in [0, 0.1) is 11.8 Å². The maximum atomic E-state index is 11.9. The molecular formula is C10H15F2NO3. The van der Waals surface area contributed by atoms with Crippen molar-refractivity contribution in [3.05, 3.63) is 0 Å². The summed E-state index contributed by atoms with van der Waals surface area (Å²) in [4.78, 5) is 22.2. The Hall–Kier alpha value is -1.20. The summed E-state index contributed by atoms with van der Waals surface area (Å²) in [5, 5.41) is 10.9. The maximum Gasteiger partial charge on any atom is 0.306 e. The Morgan fingerprint density at radius 3 is 2.50 bits per heavy atom. The van der Waals surface area contributed by atoms with Crippen LogP contribution in [0.2, 0.25) is 0 Å². The van der Waals surface area contributed by atoms with Crippen LogP contribution in [0.25, 0.3) is 0 Å². The van der Waals surface area contributed by atoms with Crippen molar-refractivity contribution in [3.63, 3.8) is 0 Å². The van der Waals surface area contributed by atoms with Crippen molar-refractivity contribution in [3.8, 4) is 0 Å². The molecule has 0 aromatic carbocycles. The van der Waals surface area contributed by atoms with Crippen molar-refractivity contribution in [2.24, 2.45) is 11.8 Å². The molecule has 0 spiro atoms. The van der Waals surface area contributed by atoms with Crippen LogP contribution >= 0.6 is 0 Å². The normalized spacial score (nSPS) is 25.4. The molecule has 0 radical (unpaired) electrons. The van der Waals surface area contributed by atoms with Crippen molar-refractivity contribution in [1.82, 2.24) is 5.32 Å². The van der Waals surface area contributed by atoms with Gasteiger partial charge >= 0.3 is 5.97 Å². The van der Waals surface area contributed by atoms with Crippen molar-refractivity contribution in [1.29, 1.82) is 0 Å². The van der Waals surface area contributed by atoms with Crippen LogP contribution in [-0.4, -0.2) is 30.0 Å². The molecule has 1 rings (SSSR count). The van der Waals surface area contributed by atoms with Gasteiger partial charge in [-0.15, -0.1) is 0 Å². The number of hydrogen-bond acceptors (Lipinski definition) is 2. The number of amides is 1. The van der Waals surface area contributed by atoms with E-state index in [-0.39, 0.29) is 6.42 Å². The number of rotatable bonds is 4. The number of carbonyl (C=O) groups is 2. The second-order valence-corrected chi connectivity index (χ2v) is 4.03. The lowest BCUT2D eigenvalue weighted by molar-refractivity contribution is -0.144. The summed E-state index contributed by atoms with van der Waals surface area (Å²) < 4.78 is 23.7. The van der Waals surface area contributed by atoms with Gasteiger partial charge in [0.25, 0.3) is 6.43 Å². The molecule has 1 amide bonds. The van der Waals surface area contributed by atoms with Crippen LogP contribution in [0.15, 0.2) is 0 Å². The summed E-state index contributed by atoms with van der Waals surface area (Å²) in [7, 11) is 0. The Balaban J connectivity index is 2.41. The van der Waals surface area contributed by atoms with Gasteiger partial charge in [-0.05, 0) is 19.3 Å². The molecule has 1 saturated carbocycles. The smallest absolute Gasteiger partial charge is 0.306 e. The van der Waals surface area contributed by atoms with Crippen LogP contribution in [0.4, 0.5) is 8.78 Å². The monoisotopic (exact) mass is 235 g/mol. The molecule has 1 aliphatic carbocycles. The summed E-state index contributed by atoms with van der Waals surface area (Å²) in [5.74, 6) is -2.32. The SMILES string of the molecule is O=C(O)C1CCCC(C(=O)NCC(F)F)C1. The zero-order chi connectivity index (χ0) is 12.1. The van der Waals surface area contributed by atoms with Gasteiger partial charge in [-0.2, -0.15) is 0 Å². The first kappa shape index (κ1) is 12.9. The van der Waals surface area contributed by atoms with E-state index in [0.717, 1.165) is 0 Å². The van der Waals surface area contributed by atoms with Gasteiger partial charge < -0.3 is 10.4 Å². The summed E-state index contributed by atoms with van der Waals surface area (Å²) >= 11 is 0. The third kappa shape index (κ3) is 3.75. The topological polar surface area (TPSA) is 66.4 Å². The lowest BCUT2D eigenvalue weighted by atomic mass is 9.81. The molecular weight excluding hydrogens is 220 g/mol. The molecule has 1 aliphatic rings. The summed E-state index contributed by atoms with van der Waals surface area (Å²) in [6.07, 6.45) is -0.510. The van der Waals surface area contributed by atoms with Crippen molar-refractivity contribution >= 4 is 11.9 Å². The molecule has 2 atom stereocenters. The van der Waals surface area contributed by atoms with Crippen LogP contribution in [-0.2, 0) is 9.59 Å². The van der Waals surface area contributed by atoms with E-state index in [2.05, 4.69) is 5.32 Å². The molecule has 1 fully saturated rings. The van der Waals surface area contributed by atoms with E-state index >= 15 is 0 Å². The van der Waals surface area contributed by atoms with E-state index in [1.54, 1.807) is 0 Å². The minimum atomic E-state index is -2.57. The van der Waals surface area contributed by atoms with E-state index in [4.69, 9.17) is 5.11 Å². The van der Waals surface area contributed by atoms with E-state index < -0.39 is 36.7 Å². The highest BCUT2D eigenvalue weighted by molar-refractivity contribution is 5.80. The van der Waals surface area contributed by atoms with Crippen molar-refractivity contribution in [2.75, 3.05) is 6.54 Å². The van der Waals surface area contributed by atoms with Gasteiger partial charge in [0.2, 0.25) is 5.91 Å². The Kier molecular flexibility index (Phi) is 4.64. The first-order chi connectivity index (χ1) is 7.50. The molecule has 6 heteroatoms. The van der Waals surface area contributed by atoms with Gasteiger partial charge in [-0.25, -0.2) is 8.78 Å². The number of hydrogen-bond donors (Lipinski definition) is 2. The van der Waals surface area contributed by atoms with E-state index in [9.17, 15) is 18.4 Å². The number of alkyl halides is 2. The molecule has 16 heavy (non-hydrogen) atoms. The van der Waals surface area contributed by atoms with Gasteiger partial charge in [0.15, 0.2) is 0 Å². The first-order valence-electron chi connectivity index (χ1n) is 5.29. The summed E-state index contributed by atoms with van der Waals surface area (Å²) in [6, 6.07) is 0. The van der Waals surface area contributed by atoms with Gasteiger partial charge in [0.1, 0.15) is 0 Å². The van der Waals surface area contributed by atoms with E-state index in [1.807, 2.05) is 0 Å². The molecule has 0 heterocycles. The van der Waals surface area contributed by atoms with Crippen LogP contribution in [0.5, 0.6) is 0 Å². The predicted molar refractivity (Wildman–Crippen MR) is 52.1 cm³/mol. The molecule has 0 saturated heterocycles. The van der Waals surface area contributed by atoms with Gasteiger partial charge in [-0.3, -0.25) is 9.59 Å². The minimum Gasteiger partial charge on any atom is -0.481 e. The molecule has 0 aromatic heterocycles. The molecule has 2 N–H and O–H groups in total. The first-order valence-corrected chi connectivity index (χ1v) is 5.29. The predicted octanol–water partition coefficient (Wildman–Crippen LogP) is 1.26. The molecule has 4 nitrogen and oxygen atoms in total. The van der Waals surface area contributed by atoms with Gasteiger partial charge in [0, 0.05) is 5.92 Å². The minimum absolute atomic E-state index is 0.254.